The third-order valence-corrected chi connectivity index (χ3v) is 3.29. The Hall–Kier alpha value is -1.33. The van der Waals surface area contributed by atoms with Gasteiger partial charge < -0.3 is 15.4 Å². The van der Waals surface area contributed by atoms with Crippen molar-refractivity contribution in [3.63, 3.8) is 0 Å². The van der Waals surface area contributed by atoms with E-state index in [-0.39, 0.29) is 30.1 Å². The van der Waals surface area contributed by atoms with Crippen LogP contribution in [0, 0.1) is 5.82 Å². The fourth-order valence-electron chi connectivity index (χ4n) is 2.19. The molecule has 1 aromatic carbocycles. The third-order valence-electron chi connectivity index (χ3n) is 3.29. The zero-order valence-corrected chi connectivity index (χ0v) is 12.2. The van der Waals surface area contributed by atoms with Gasteiger partial charge in [-0.3, -0.25) is 4.79 Å². The molecule has 20 heavy (non-hydrogen) atoms. The molecule has 2 N–H and O–H groups in total. The van der Waals surface area contributed by atoms with Crippen LogP contribution in [0.1, 0.15) is 19.8 Å². The van der Waals surface area contributed by atoms with Crippen LogP contribution >= 0.6 is 12.4 Å². The van der Waals surface area contributed by atoms with Crippen molar-refractivity contribution in [2.24, 2.45) is 5.73 Å². The van der Waals surface area contributed by atoms with Crippen molar-refractivity contribution in [3.8, 4) is 5.75 Å². The van der Waals surface area contributed by atoms with Gasteiger partial charge in [-0.25, -0.2) is 4.39 Å². The lowest BCUT2D eigenvalue weighted by Gasteiger charge is -2.23. The number of likely N-dealkylation sites (tertiary alicyclic amines) is 1. The average Bonchev–Trinajstić information content (AvgIpc) is 2.84. The molecule has 0 aliphatic carbocycles. The summed E-state index contributed by atoms with van der Waals surface area (Å²) in [6.45, 7) is 3.05. The second-order valence-electron chi connectivity index (χ2n) is 4.78. The first-order valence-corrected chi connectivity index (χ1v) is 6.57. The van der Waals surface area contributed by atoms with Crippen LogP contribution in [0.2, 0.25) is 0 Å². The SMILES string of the molecule is CCC(Oc1ccccc1F)C(=O)N1CC[C@@H](N)C1.Cl. The molecule has 0 radical (unpaired) electrons. The van der Waals surface area contributed by atoms with Crippen LogP contribution in [0.4, 0.5) is 4.39 Å². The number of hydrogen-bond acceptors (Lipinski definition) is 3. The Morgan fingerprint density at radius 1 is 1.55 bits per heavy atom. The summed E-state index contributed by atoms with van der Waals surface area (Å²) >= 11 is 0. The average molecular weight is 303 g/mol. The molecule has 0 aromatic heterocycles. The first-order valence-electron chi connectivity index (χ1n) is 6.57. The van der Waals surface area contributed by atoms with E-state index in [1.165, 1.54) is 12.1 Å². The lowest BCUT2D eigenvalue weighted by molar-refractivity contribution is -0.137. The largest absolute Gasteiger partial charge is 0.478 e. The maximum atomic E-state index is 13.5. The predicted octanol–water partition coefficient (Wildman–Crippen LogP) is 1.96. The van der Waals surface area contributed by atoms with Gasteiger partial charge in [0.1, 0.15) is 0 Å². The Labute approximate surface area is 124 Å². The molecule has 1 unspecified atom stereocenters. The summed E-state index contributed by atoms with van der Waals surface area (Å²) in [6, 6.07) is 6.15. The molecule has 1 fully saturated rings. The zero-order chi connectivity index (χ0) is 13.8. The molecule has 1 aliphatic rings. The number of carbonyl (C=O) groups is 1. The van der Waals surface area contributed by atoms with Crippen molar-refractivity contribution in [2.45, 2.75) is 31.9 Å². The highest BCUT2D eigenvalue weighted by Crippen LogP contribution is 2.20. The normalized spacial score (nSPS) is 19.4. The quantitative estimate of drug-likeness (QED) is 0.925. The summed E-state index contributed by atoms with van der Waals surface area (Å²) in [5.41, 5.74) is 5.79. The smallest absolute Gasteiger partial charge is 0.263 e. The van der Waals surface area contributed by atoms with E-state index < -0.39 is 11.9 Å². The predicted molar refractivity (Wildman–Crippen MR) is 77.5 cm³/mol. The molecule has 1 heterocycles. The minimum absolute atomic E-state index is 0. The molecule has 1 amide bonds. The van der Waals surface area contributed by atoms with Crippen LogP contribution in [-0.4, -0.2) is 36.0 Å². The van der Waals surface area contributed by atoms with Crippen molar-refractivity contribution in [1.29, 1.82) is 0 Å². The van der Waals surface area contributed by atoms with Crippen molar-refractivity contribution < 1.29 is 13.9 Å². The van der Waals surface area contributed by atoms with Crippen LogP contribution in [0.5, 0.6) is 5.75 Å². The number of nitrogens with two attached hydrogens (primary N) is 1. The summed E-state index contributed by atoms with van der Waals surface area (Å²) in [4.78, 5) is 14.0. The Balaban J connectivity index is 0.00000200. The molecule has 1 aliphatic heterocycles. The maximum Gasteiger partial charge on any atom is 0.263 e. The van der Waals surface area contributed by atoms with E-state index in [0.29, 0.717) is 19.5 Å². The molecular formula is C14H20ClFN2O2. The molecule has 0 spiro atoms. The number of amides is 1. The topological polar surface area (TPSA) is 55.6 Å². The molecule has 1 saturated heterocycles. The standard InChI is InChI=1S/C14H19FN2O2.ClH/c1-2-12(14(18)17-8-7-10(16)9-17)19-13-6-4-3-5-11(13)15;/h3-6,10,12H,2,7-9,16H2,1H3;1H/t10-,12?;/m1./s1. The van der Waals surface area contributed by atoms with E-state index in [2.05, 4.69) is 0 Å². The molecule has 6 heteroatoms. The molecule has 2 rings (SSSR count). The van der Waals surface area contributed by atoms with E-state index in [0.717, 1.165) is 6.42 Å². The number of benzene rings is 1. The van der Waals surface area contributed by atoms with Gasteiger partial charge in [0.25, 0.3) is 5.91 Å². The summed E-state index contributed by atoms with van der Waals surface area (Å²) in [5.74, 6) is -0.447. The molecule has 1 aromatic rings. The summed E-state index contributed by atoms with van der Waals surface area (Å²) < 4.78 is 19.0. The lowest BCUT2D eigenvalue weighted by Crippen LogP contribution is -2.41. The molecule has 2 atom stereocenters. The summed E-state index contributed by atoms with van der Waals surface area (Å²) in [7, 11) is 0. The fraction of sp³-hybridized carbons (Fsp3) is 0.500. The van der Waals surface area contributed by atoms with Crippen LogP contribution in [0.3, 0.4) is 0 Å². The van der Waals surface area contributed by atoms with Crippen LogP contribution in [-0.2, 0) is 4.79 Å². The second-order valence-corrected chi connectivity index (χ2v) is 4.78. The Morgan fingerprint density at radius 2 is 2.25 bits per heavy atom. The van der Waals surface area contributed by atoms with E-state index in [4.69, 9.17) is 10.5 Å². The van der Waals surface area contributed by atoms with Gasteiger partial charge in [-0.05, 0) is 25.0 Å². The van der Waals surface area contributed by atoms with Gasteiger partial charge in [0.15, 0.2) is 17.7 Å². The first kappa shape index (κ1) is 16.7. The Kier molecular flexibility index (Phi) is 6.23. The van der Waals surface area contributed by atoms with Crippen molar-refractivity contribution in [3.05, 3.63) is 30.1 Å². The maximum absolute atomic E-state index is 13.5. The minimum atomic E-state index is -0.651. The second kappa shape index (κ2) is 7.45. The summed E-state index contributed by atoms with van der Waals surface area (Å²) in [6.07, 6.45) is 0.656. The number of nitrogens with zero attached hydrogens (tertiary/aromatic N) is 1. The van der Waals surface area contributed by atoms with E-state index in [1.807, 2.05) is 6.92 Å². The monoisotopic (exact) mass is 302 g/mol. The Bertz CT molecular complexity index is 459. The van der Waals surface area contributed by atoms with E-state index in [9.17, 15) is 9.18 Å². The summed E-state index contributed by atoms with van der Waals surface area (Å²) in [5, 5.41) is 0. The van der Waals surface area contributed by atoms with Gasteiger partial charge in [0.05, 0.1) is 0 Å². The number of carbonyl (C=O) groups excluding carboxylic acids is 1. The molecule has 0 bridgehead atoms. The van der Waals surface area contributed by atoms with Crippen LogP contribution in [0.25, 0.3) is 0 Å². The number of hydrogen-bond donors (Lipinski definition) is 1. The number of para-hydroxylation sites is 1. The third kappa shape index (κ3) is 3.84. The lowest BCUT2D eigenvalue weighted by atomic mass is 10.2. The Morgan fingerprint density at radius 3 is 2.80 bits per heavy atom. The number of rotatable bonds is 4. The van der Waals surface area contributed by atoms with Gasteiger partial charge >= 0.3 is 0 Å². The highest BCUT2D eigenvalue weighted by Gasteiger charge is 2.30. The van der Waals surface area contributed by atoms with Crippen molar-refractivity contribution in [1.82, 2.24) is 4.90 Å². The van der Waals surface area contributed by atoms with Gasteiger partial charge in [-0.1, -0.05) is 19.1 Å². The zero-order valence-electron chi connectivity index (χ0n) is 11.4. The van der Waals surface area contributed by atoms with E-state index >= 15 is 0 Å². The van der Waals surface area contributed by atoms with Crippen LogP contribution < -0.4 is 10.5 Å². The number of halogens is 2. The van der Waals surface area contributed by atoms with Crippen molar-refractivity contribution in [2.75, 3.05) is 13.1 Å². The van der Waals surface area contributed by atoms with Gasteiger partial charge in [-0.2, -0.15) is 0 Å². The molecular weight excluding hydrogens is 283 g/mol. The van der Waals surface area contributed by atoms with Gasteiger partial charge in [-0.15, -0.1) is 12.4 Å². The van der Waals surface area contributed by atoms with Crippen LogP contribution in [0.15, 0.2) is 24.3 Å². The first-order chi connectivity index (χ1) is 9.11. The van der Waals surface area contributed by atoms with E-state index in [1.54, 1.807) is 17.0 Å². The number of ether oxygens (including phenoxy) is 1. The highest BCUT2D eigenvalue weighted by molar-refractivity contribution is 5.85. The highest BCUT2D eigenvalue weighted by atomic mass is 35.5. The van der Waals surface area contributed by atoms with Crippen molar-refractivity contribution >= 4 is 18.3 Å². The van der Waals surface area contributed by atoms with Gasteiger partial charge in [0.2, 0.25) is 0 Å². The molecule has 4 nitrogen and oxygen atoms in total. The molecule has 112 valence electrons. The minimum Gasteiger partial charge on any atom is -0.478 e. The fourth-order valence-corrected chi connectivity index (χ4v) is 2.19. The van der Waals surface area contributed by atoms with Gasteiger partial charge in [0, 0.05) is 19.1 Å². The molecule has 0 saturated carbocycles.